The van der Waals surface area contributed by atoms with E-state index in [0.717, 1.165) is 0 Å². The van der Waals surface area contributed by atoms with E-state index in [1.807, 2.05) is 0 Å². The maximum absolute atomic E-state index is 0. The Balaban J connectivity index is 0. The van der Waals surface area contributed by atoms with Crippen LogP contribution in [0.1, 0.15) is 0 Å². The number of rotatable bonds is 0. The molecule has 0 aliphatic heterocycles. The second-order valence-corrected chi connectivity index (χ2v) is 0. The van der Waals surface area contributed by atoms with Gasteiger partial charge in [0, 0.05) is 0 Å². The van der Waals surface area contributed by atoms with Crippen LogP contribution in [0.15, 0.2) is 0 Å². The maximum Gasteiger partial charge on any atom is 3.00 e. The molecule has 12 N–H and O–H groups in total. The molecule has 0 radical (unpaired) electrons. The molecule has 0 aliphatic rings. The summed E-state index contributed by atoms with van der Waals surface area (Å²) in [5, 5.41) is 0. The molecule has 0 saturated heterocycles. The van der Waals surface area contributed by atoms with Gasteiger partial charge in [0.25, 0.3) is 0 Å². The molecule has 0 spiro atoms. The van der Waals surface area contributed by atoms with Gasteiger partial charge in [0.15, 0.2) is 0 Å². The van der Waals surface area contributed by atoms with E-state index in [9.17, 15) is 0 Å². The summed E-state index contributed by atoms with van der Waals surface area (Å²) in [5.41, 5.74) is 0. The molecule has 0 aromatic rings. The van der Waals surface area contributed by atoms with Crippen LogP contribution in [0.2, 0.25) is 0 Å². The Kier molecular flexibility index (Phi) is 58400. The second kappa shape index (κ2) is 657. The summed E-state index contributed by atoms with van der Waals surface area (Å²) in [4.78, 5) is 0. The van der Waals surface area contributed by atoms with Gasteiger partial charge >= 0.3 is 49.4 Å². The minimum Gasteiger partial charge on any atom is -1.00 e. The van der Waals surface area contributed by atoms with Crippen LogP contribution in [0.3, 0.4) is 0 Å². The summed E-state index contributed by atoms with van der Waals surface area (Å²) in [6.45, 7) is 0. The first-order chi connectivity index (χ1) is 0. The van der Waals surface area contributed by atoms with E-state index in [4.69, 9.17) is 0 Å². The minimum absolute atomic E-state index is 0. The summed E-state index contributed by atoms with van der Waals surface area (Å²) < 4.78 is 0. The van der Waals surface area contributed by atoms with Gasteiger partial charge in [0.2, 0.25) is 0 Å². The molecule has 0 atom stereocenters. The fourth-order valence-electron chi connectivity index (χ4n) is 0. The van der Waals surface area contributed by atoms with Crippen LogP contribution in [0, 0.1) is 49.4 Å². The van der Waals surface area contributed by atoms with Crippen LogP contribution in [0.4, 0.5) is 0 Å². The molecule has 0 unspecified atom stereocenters. The Morgan fingerprint density at radius 2 is 0.300 bits per heavy atom. The number of halogens is 3. The fraction of sp³-hybridized carbons (Fsp3) is 0. The normalized spacial score (nSPS) is 0. The van der Waals surface area contributed by atoms with E-state index in [1.54, 1.807) is 0 Å². The fourth-order valence-corrected chi connectivity index (χ4v) is 0. The molecule has 0 aliphatic carbocycles. The van der Waals surface area contributed by atoms with Crippen molar-refractivity contribution in [2.75, 3.05) is 0 Å². The van der Waals surface area contributed by atoms with E-state index in [-0.39, 0.29) is 96.3 Å². The van der Waals surface area contributed by atoms with E-state index < -0.39 is 0 Å². The van der Waals surface area contributed by atoms with Crippen molar-refractivity contribution in [3.8, 4) is 0 Å². The van der Waals surface area contributed by atoms with Crippen molar-refractivity contribution in [2.24, 2.45) is 0 Å². The number of hydrogen-bond donors (Lipinski definition) is 0. The van der Waals surface area contributed by atoms with Gasteiger partial charge in [-0.1, -0.05) is 0 Å². The quantitative estimate of drug-likeness (QED) is 0.410. The summed E-state index contributed by atoms with van der Waals surface area (Å²) in [5.74, 6) is 0. The molecule has 0 aromatic heterocycles. The van der Waals surface area contributed by atoms with Gasteiger partial charge in [-0.2, -0.15) is 0 Å². The SMILES string of the molecule is O.O.O.O.O.O.[Eu+3].[F-].[F-].[F-]. The van der Waals surface area contributed by atoms with E-state index in [0.29, 0.717) is 0 Å². The molecule has 0 bridgehead atoms. The van der Waals surface area contributed by atoms with Crippen molar-refractivity contribution in [1.29, 1.82) is 0 Å². The monoisotopic (exact) mass is 318 g/mol. The Bertz CT molecular complexity index is 13.0. The van der Waals surface area contributed by atoms with Crippen molar-refractivity contribution in [3.63, 3.8) is 0 Å². The Labute approximate surface area is 95.5 Å². The molecular weight excluding hydrogens is 305 g/mol. The summed E-state index contributed by atoms with van der Waals surface area (Å²) >= 11 is 0. The summed E-state index contributed by atoms with van der Waals surface area (Å²) in [6, 6.07) is 0. The average Bonchev–Trinajstić information content (AvgIpc) is 0. The molecule has 10 heavy (non-hydrogen) atoms. The number of hydrogen-bond acceptors (Lipinski definition) is 0. The molecule has 0 heterocycles. The predicted molar refractivity (Wildman–Crippen MR) is 21.7 cm³/mol. The third-order valence-corrected chi connectivity index (χ3v) is 0. The Morgan fingerprint density at radius 1 is 0.300 bits per heavy atom. The van der Waals surface area contributed by atoms with Crippen molar-refractivity contribution in [1.82, 2.24) is 0 Å². The Hall–Kier alpha value is 1.13. The van der Waals surface area contributed by atoms with Crippen molar-refractivity contribution < 1.29 is 96.3 Å². The third kappa shape index (κ3) is 470. The van der Waals surface area contributed by atoms with Gasteiger partial charge < -0.3 is 47.0 Å². The molecule has 10 heteroatoms. The van der Waals surface area contributed by atoms with Crippen molar-refractivity contribution >= 4 is 0 Å². The van der Waals surface area contributed by atoms with Crippen LogP contribution in [0.25, 0.3) is 0 Å². The standard InChI is InChI=1S/Eu.3FH.6H2O/h;3*1H;6*1H2/q+3;;;;;;;;;/p-3. The first kappa shape index (κ1) is 889. The van der Waals surface area contributed by atoms with Gasteiger partial charge in [-0.25, -0.2) is 0 Å². The minimum atomic E-state index is 0. The van der Waals surface area contributed by atoms with Crippen molar-refractivity contribution in [3.05, 3.63) is 0 Å². The summed E-state index contributed by atoms with van der Waals surface area (Å²) in [7, 11) is 0. The first-order valence-corrected chi connectivity index (χ1v) is 0. The average molecular weight is 317 g/mol. The zero-order valence-corrected chi connectivity index (χ0v) is 6.94. The van der Waals surface area contributed by atoms with Crippen LogP contribution >= 0.6 is 0 Å². The maximum atomic E-state index is 0. The molecule has 0 aromatic carbocycles. The second-order valence-electron chi connectivity index (χ2n) is 0. The topological polar surface area (TPSA) is 189 Å². The first-order valence-electron chi connectivity index (χ1n) is 0. The van der Waals surface area contributed by atoms with Crippen LogP contribution < -0.4 is 14.1 Å². The smallest absolute Gasteiger partial charge is 1.00 e. The van der Waals surface area contributed by atoms with E-state index in [1.165, 1.54) is 0 Å². The van der Waals surface area contributed by atoms with Crippen LogP contribution in [-0.4, -0.2) is 32.9 Å². The molecule has 0 rings (SSSR count). The molecule has 0 saturated carbocycles. The van der Waals surface area contributed by atoms with E-state index >= 15 is 0 Å². The van der Waals surface area contributed by atoms with Gasteiger partial charge in [0.1, 0.15) is 0 Å². The van der Waals surface area contributed by atoms with Gasteiger partial charge in [-0.15, -0.1) is 0 Å². The van der Waals surface area contributed by atoms with Crippen molar-refractivity contribution in [2.45, 2.75) is 0 Å². The molecule has 0 fully saturated rings. The molecule has 0 amide bonds. The largest absolute Gasteiger partial charge is 3.00 e. The van der Waals surface area contributed by atoms with Crippen LogP contribution in [0.5, 0.6) is 0 Å². The van der Waals surface area contributed by atoms with Gasteiger partial charge in [-0.3, -0.25) is 0 Å². The Morgan fingerprint density at radius 3 is 0.300 bits per heavy atom. The third-order valence-electron chi connectivity index (χ3n) is 0. The summed E-state index contributed by atoms with van der Waals surface area (Å²) in [6.07, 6.45) is 0. The molecule has 6 nitrogen and oxygen atoms in total. The van der Waals surface area contributed by atoms with E-state index in [2.05, 4.69) is 0 Å². The molecule has 76 valence electrons. The zero-order chi connectivity index (χ0) is 0. The van der Waals surface area contributed by atoms with Gasteiger partial charge in [-0.05, 0) is 0 Å². The zero-order valence-electron chi connectivity index (χ0n) is 4.51. The van der Waals surface area contributed by atoms with Gasteiger partial charge in [0.05, 0.1) is 0 Å². The molecular formula is H12EuF3O6. The van der Waals surface area contributed by atoms with Crippen LogP contribution in [-0.2, 0) is 0 Å². The predicted octanol–water partition coefficient (Wildman–Crippen LogP) is -13.9.